The van der Waals surface area contributed by atoms with Crippen molar-refractivity contribution in [1.29, 1.82) is 0 Å². The molecule has 2 atom stereocenters. The molecule has 110 valence electrons. The molecular weight excluding hydrogens is 294 g/mol. The topological polar surface area (TPSA) is 46.2 Å². The highest BCUT2D eigenvalue weighted by molar-refractivity contribution is 7.85. The number of carbonyl (C=O) groups excluding carboxylic acids is 1. The summed E-state index contributed by atoms with van der Waals surface area (Å²) < 4.78 is 12.3. The maximum atomic E-state index is 12.3. The van der Waals surface area contributed by atoms with E-state index in [9.17, 15) is 9.00 Å². The highest BCUT2D eigenvalue weighted by Crippen LogP contribution is 2.20. The van der Waals surface area contributed by atoms with Crippen molar-refractivity contribution < 1.29 is 9.00 Å². The summed E-state index contributed by atoms with van der Waals surface area (Å²) in [6, 6.07) is 7.59. The van der Waals surface area contributed by atoms with Gasteiger partial charge in [0, 0.05) is 21.9 Å². The second-order valence-corrected chi connectivity index (χ2v) is 7.41. The lowest BCUT2D eigenvalue weighted by Gasteiger charge is -2.16. The molecule has 1 aliphatic carbocycles. The van der Waals surface area contributed by atoms with Gasteiger partial charge >= 0.3 is 0 Å². The van der Waals surface area contributed by atoms with Gasteiger partial charge < -0.3 is 5.32 Å². The smallest absolute Gasteiger partial charge is 0.235 e. The summed E-state index contributed by atoms with van der Waals surface area (Å²) in [6.07, 6.45) is 4.41. The van der Waals surface area contributed by atoms with Crippen molar-refractivity contribution in [2.24, 2.45) is 0 Å². The molecule has 0 bridgehead atoms. The first-order chi connectivity index (χ1) is 9.58. The summed E-state index contributed by atoms with van der Waals surface area (Å²) in [6.45, 7) is 1.72. The lowest BCUT2D eigenvalue weighted by molar-refractivity contribution is -0.121. The maximum absolute atomic E-state index is 12.3. The van der Waals surface area contributed by atoms with Crippen molar-refractivity contribution in [3.05, 3.63) is 34.9 Å². The van der Waals surface area contributed by atoms with Gasteiger partial charge in [0.2, 0.25) is 5.91 Å². The molecule has 1 aliphatic rings. The summed E-state index contributed by atoms with van der Waals surface area (Å²) >= 11 is 6.06. The average molecular weight is 314 g/mol. The van der Waals surface area contributed by atoms with E-state index in [2.05, 4.69) is 5.32 Å². The van der Waals surface area contributed by atoms with Crippen LogP contribution in [0.15, 0.2) is 24.3 Å². The van der Waals surface area contributed by atoms with E-state index in [1.165, 1.54) is 12.8 Å². The van der Waals surface area contributed by atoms with Crippen molar-refractivity contribution in [2.45, 2.75) is 49.7 Å². The SMILES string of the molecule is CC(C(=O)NC1CCCC1)S(=O)Cc1ccccc1Cl. The van der Waals surface area contributed by atoms with E-state index in [0.29, 0.717) is 10.8 Å². The van der Waals surface area contributed by atoms with Crippen LogP contribution in [-0.2, 0) is 21.3 Å². The van der Waals surface area contributed by atoms with E-state index in [1.807, 2.05) is 18.2 Å². The first-order valence-corrected chi connectivity index (χ1v) is 8.75. The summed E-state index contributed by atoms with van der Waals surface area (Å²) in [5.41, 5.74) is 0.827. The number of nitrogens with one attached hydrogen (secondary N) is 1. The van der Waals surface area contributed by atoms with E-state index in [0.717, 1.165) is 18.4 Å². The zero-order valence-corrected chi connectivity index (χ0v) is 13.2. The number of hydrogen-bond donors (Lipinski definition) is 1. The molecule has 0 aliphatic heterocycles. The third-order valence-electron chi connectivity index (χ3n) is 3.72. The molecule has 20 heavy (non-hydrogen) atoms. The average Bonchev–Trinajstić information content (AvgIpc) is 2.93. The van der Waals surface area contributed by atoms with Gasteiger partial charge in [-0.05, 0) is 31.4 Å². The highest BCUT2D eigenvalue weighted by atomic mass is 35.5. The zero-order chi connectivity index (χ0) is 14.5. The van der Waals surface area contributed by atoms with Crippen LogP contribution in [0.5, 0.6) is 0 Å². The molecule has 2 rings (SSSR count). The van der Waals surface area contributed by atoms with Crippen LogP contribution in [0, 0.1) is 0 Å². The summed E-state index contributed by atoms with van der Waals surface area (Å²) in [7, 11) is -1.25. The van der Waals surface area contributed by atoms with E-state index in [1.54, 1.807) is 13.0 Å². The van der Waals surface area contributed by atoms with Gasteiger partial charge in [0.25, 0.3) is 0 Å². The molecule has 1 aromatic rings. The van der Waals surface area contributed by atoms with E-state index < -0.39 is 16.0 Å². The predicted octanol–water partition coefficient (Wildman–Crippen LogP) is 3.04. The van der Waals surface area contributed by atoms with Gasteiger partial charge in [-0.15, -0.1) is 0 Å². The van der Waals surface area contributed by atoms with Crippen LogP contribution in [0.4, 0.5) is 0 Å². The third-order valence-corrected chi connectivity index (χ3v) is 5.69. The van der Waals surface area contributed by atoms with Crippen molar-refractivity contribution in [1.82, 2.24) is 5.32 Å². The quantitative estimate of drug-likeness (QED) is 0.908. The lowest BCUT2D eigenvalue weighted by Crippen LogP contribution is -2.40. The second kappa shape index (κ2) is 7.23. The minimum absolute atomic E-state index is 0.109. The fourth-order valence-corrected chi connectivity index (χ4v) is 3.80. The Hall–Kier alpha value is -0.870. The molecule has 3 nitrogen and oxygen atoms in total. The molecule has 5 heteroatoms. The first kappa shape index (κ1) is 15.5. The molecule has 1 N–H and O–H groups in total. The zero-order valence-electron chi connectivity index (χ0n) is 11.6. The Labute approximate surface area is 127 Å². The summed E-state index contributed by atoms with van der Waals surface area (Å²) in [5.74, 6) is 0.209. The van der Waals surface area contributed by atoms with E-state index in [-0.39, 0.29) is 11.9 Å². The molecule has 1 fully saturated rings. The number of amides is 1. The highest BCUT2D eigenvalue weighted by Gasteiger charge is 2.24. The van der Waals surface area contributed by atoms with Crippen LogP contribution in [-0.4, -0.2) is 21.4 Å². The van der Waals surface area contributed by atoms with Crippen molar-refractivity contribution in [3.8, 4) is 0 Å². The summed E-state index contributed by atoms with van der Waals surface area (Å²) in [5, 5.41) is 3.09. The Bertz CT molecular complexity index is 500. The molecular formula is C15H20ClNO2S. The van der Waals surface area contributed by atoms with Crippen molar-refractivity contribution in [2.75, 3.05) is 0 Å². The van der Waals surface area contributed by atoms with Crippen LogP contribution >= 0.6 is 11.6 Å². The minimum Gasteiger partial charge on any atom is -0.352 e. The molecule has 1 aromatic carbocycles. The first-order valence-electron chi connectivity index (χ1n) is 6.99. The fourth-order valence-electron chi connectivity index (χ4n) is 2.40. The predicted molar refractivity (Wildman–Crippen MR) is 83.2 cm³/mol. The third kappa shape index (κ3) is 4.06. The van der Waals surface area contributed by atoms with Gasteiger partial charge in [-0.3, -0.25) is 9.00 Å². The fraction of sp³-hybridized carbons (Fsp3) is 0.533. The van der Waals surface area contributed by atoms with Gasteiger partial charge in [-0.2, -0.15) is 0 Å². The van der Waals surface area contributed by atoms with E-state index in [4.69, 9.17) is 11.6 Å². The molecule has 0 radical (unpaired) electrons. The Morgan fingerprint density at radius 1 is 1.40 bits per heavy atom. The van der Waals surface area contributed by atoms with Gasteiger partial charge in [0.1, 0.15) is 5.25 Å². The number of benzene rings is 1. The van der Waals surface area contributed by atoms with Crippen LogP contribution in [0.3, 0.4) is 0 Å². The standard InChI is InChI=1S/C15H20ClNO2S/c1-11(15(18)17-13-7-3-4-8-13)20(19)10-12-6-2-5-9-14(12)16/h2,5-6,9,11,13H,3-4,7-8,10H2,1H3,(H,17,18). The van der Waals surface area contributed by atoms with E-state index >= 15 is 0 Å². The molecule has 1 amide bonds. The lowest BCUT2D eigenvalue weighted by atomic mass is 10.2. The number of carbonyl (C=O) groups is 1. The Kier molecular flexibility index (Phi) is 5.61. The van der Waals surface area contributed by atoms with Crippen LogP contribution in [0.2, 0.25) is 5.02 Å². The number of halogens is 1. The van der Waals surface area contributed by atoms with Crippen LogP contribution in [0.25, 0.3) is 0 Å². The molecule has 2 unspecified atom stereocenters. The monoisotopic (exact) mass is 313 g/mol. The molecule has 0 heterocycles. The van der Waals surface area contributed by atoms with Crippen LogP contribution in [0.1, 0.15) is 38.2 Å². The number of rotatable bonds is 5. The minimum atomic E-state index is -1.25. The van der Waals surface area contributed by atoms with Crippen LogP contribution < -0.4 is 5.32 Å². The normalized spacial score (nSPS) is 18.7. The van der Waals surface area contributed by atoms with Gasteiger partial charge in [-0.1, -0.05) is 42.6 Å². The molecule has 0 saturated heterocycles. The van der Waals surface area contributed by atoms with Gasteiger partial charge in [-0.25, -0.2) is 0 Å². The largest absolute Gasteiger partial charge is 0.352 e. The number of hydrogen-bond acceptors (Lipinski definition) is 2. The molecule has 1 saturated carbocycles. The molecule has 0 spiro atoms. The Morgan fingerprint density at radius 2 is 2.05 bits per heavy atom. The van der Waals surface area contributed by atoms with Gasteiger partial charge in [0.05, 0.1) is 5.75 Å². The van der Waals surface area contributed by atoms with Crippen molar-refractivity contribution >= 4 is 28.3 Å². The van der Waals surface area contributed by atoms with Crippen molar-refractivity contribution in [3.63, 3.8) is 0 Å². The Balaban J connectivity index is 1.91. The van der Waals surface area contributed by atoms with Gasteiger partial charge in [0.15, 0.2) is 0 Å². The maximum Gasteiger partial charge on any atom is 0.235 e. The second-order valence-electron chi connectivity index (χ2n) is 5.25. The summed E-state index contributed by atoms with van der Waals surface area (Å²) in [4.78, 5) is 12.1. The Morgan fingerprint density at radius 3 is 2.70 bits per heavy atom. The molecule has 0 aromatic heterocycles.